The van der Waals surface area contributed by atoms with Crippen LogP contribution in [0.4, 0.5) is 4.39 Å². The molecule has 96 valence electrons. The average molecular weight is 305 g/mol. The van der Waals surface area contributed by atoms with Crippen molar-refractivity contribution in [1.82, 2.24) is 5.43 Å². The maximum Gasteiger partial charge on any atom is 0.142 e. The quantitative estimate of drug-likeness (QED) is 0.649. The van der Waals surface area contributed by atoms with Gasteiger partial charge in [0.1, 0.15) is 5.82 Å². The van der Waals surface area contributed by atoms with Crippen molar-refractivity contribution in [2.75, 3.05) is 7.11 Å². The van der Waals surface area contributed by atoms with Crippen LogP contribution in [0.25, 0.3) is 0 Å². The molecule has 1 aromatic carbocycles. The summed E-state index contributed by atoms with van der Waals surface area (Å²) in [6.45, 7) is 3.88. The van der Waals surface area contributed by atoms with Crippen molar-refractivity contribution in [2.24, 2.45) is 5.84 Å². The zero-order valence-corrected chi connectivity index (χ0v) is 11.8. The van der Waals surface area contributed by atoms with E-state index in [0.29, 0.717) is 16.5 Å². The van der Waals surface area contributed by atoms with Crippen molar-refractivity contribution in [3.05, 3.63) is 34.1 Å². The van der Waals surface area contributed by atoms with Crippen molar-refractivity contribution in [3.8, 4) is 0 Å². The second kappa shape index (κ2) is 5.91. The van der Waals surface area contributed by atoms with Crippen molar-refractivity contribution in [3.63, 3.8) is 0 Å². The fourth-order valence-corrected chi connectivity index (χ4v) is 2.19. The highest BCUT2D eigenvalue weighted by molar-refractivity contribution is 9.10. The number of ether oxygens (including phenoxy) is 1. The maximum absolute atomic E-state index is 14.0. The van der Waals surface area contributed by atoms with Crippen LogP contribution in [0.3, 0.4) is 0 Å². The molecule has 0 saturated carbocycles. The van der Waals surface area contributed by atoms with Gasteiger partial charge in [-0.15, -0.1) is 0 Å². The van der Waals surface area contributed by atoms with Crippen molar-refractivity contribution < 1.29 is 9.13 Å². The second-order valence-corrected chi connectivity index (χ2v) is 4.97. The number of hydrazine groups is 1. The summed E-state index contributed by atoms with van der Waals surface area (Å²) in [7, 11) is 1.60. The monoisotopic (exact) mass is 304 g/mol. The zero-order valence-electron chi connectivity index (χ0n) is 10.3. The SMILES string of the molecule is CCC(C)(OC)C(NN)c1cccc(Br)c1F. The standard InChI is InChI=1S/C12H18BrFN2O/c1-4-12(2,17-3)11(16-15)8-6-5-7-9(13)10(8)14/h5-7,11,16H,4,15H2,1-3H3. The molecule has 3 N–H and O–H groups in total. The summed E-state index contributed by atoms with van der Waals surface area (Å²) in [5.41, 5.74) is 2.58. The number of halogens is 2. The van der Waals surface area contributed by atoms with Gasteiger partial charge in [0.05, 0.1) is 16.1 Å². The third kappa shape index (κ3) is 2.85. The smallest absolute Gasteiger partial charge is 0.142 e. The Balaban J connectivity index is 3.22. The van der Waals surface area contributed by atoms with Crippen LogP contribution >= 0.6 is 15.9 Å². The lowest BCUT2D eigenvalue weighted by molar-refractivity contribution is -0.0309. The summed E-state index contributed by atoms with van der Waals surface area (Å²) in [4.78, 5) is 0. The molecule has 0 amide bonds. The first-order valence-corrected chi connectivity index (χ1v) is 6.24. The van der Waals surface area contributed by atoms with Gasteiger partial charge >= 0.3 is 0 Å². The minimum atomic E-state index is -0.559. The predicted octanol–water partition coefficient (Wildman–Crippen LogP) is 2.91. The molecule has 0 spiro atoms. The van der Waals surface area contributed by atoms with Gasteiger partial charge in [-0.2, -0.15) is 0 Å². The van der Waals surface area contributed by atoms with Crippen LogP contribution in [-0.2, 0) is 4.74 Å². The molecule has 2 unspecified atom stereocenters. The van der Waals surface area contributed by atoms with Crippen molar-refractivity contribution >= 4 is 15.9 Å². The Morgan fingerprint density at radius 1 is 1.59 bits per heavy atom. The molecule has 2 atom stereocenters. The minimum absolute atomic E-state index is 0.313. The highest BCUT2D eigenvalue weighted by Crippen LogP contribution is 2.34. The van der Waals surface area contributed by atoms with Crippen LogP contribution in [0.1, 0.15) is 31.9 Å². The van der Waals surface area contributed by atoms with E-state index >= 15 is 0 Å². The van der Waals surface area contributed by atoms with Gasteiger partial charge in [-0.3, -0.25) is 5.84 Å². The molecule has 0 bridgehead atoms. The van der Waals surface area contributed by atoms with E-state index in [1.165, 1.54) is 0 Å². The molecule has 0 aromatic heterocycles. The van der Waals surface area contributed by atoms with Crippen LogP contribution in [0.2, 0.25) is 0 Å². The summed E-state index contributed by atoms with van der Waals surface area (Å²) < 4.78 is 19.9. The normalized spacial score (nSPS) is 16.6. The largest absolute Gasteiger partial charge is 0.376 e. The summed E-state index contributed by atoms with van der Waals surface area (Å²) in [6, 6.07) is 4.73. The first-order chi connectivity index (χ1) is 8.00. The van der Waals surface area contributed by atoms with Gasteiger partial charge in [-0.05, 0) is 35.3 Å². The van der Waals surface area contributed by atoms with Gasteiger partial charge < -0.3 is 4.74 Å². The number of hydrogen-bond acceptors (Lipinski definition) is 3. The molecule has 5 heteroatoms. The molecule has 0 aliphatic rings. The highest BCUT2D eigenvalue weighted by Gasteiger charge is 2.35. The number of methoxy groups -OCH3 is 1. The first-order valence-electron chi connectivity index (χ1n) is 5.45. The number of nitrogens with one attached hydrogen (secondary N) is 1. The maximum atomic E-state index is 14.0. The Labute approximate surface area is 110 Å². The molecule has 0 aliphatic carbocycles. The molecule has 0 saturated heterocycles. The molecule has 1 rings (SSSR count). The molecule has 3 nitrogen and oxygen atoms in total. The first kappa shape index (κ1) is 14.6. The Morgan fingerprint density at radius 2 is 2.24 bits per heavy atom. The Kier molecular flexibility index (Phi) is 5.06. The Morgan fingerprint density at radius 3 is 2.71 bits per heavy atom. The highest BCUT2D eigenvalue weighted by atomic mass is 79.9. The number of rotatable bonds is 5. The molecule has 0 aliphatic heterocycles. The zero-order chi connectivity index (χ0) is 13.1. The third-order valence-electron chi connectivity index (χ3n) is 3.24. The summed E-state index contributed by atoms with van der Waals surface area (Å²) in [5, 5.41) is 0. The van der Waals surface area contributed by atoms with Crippen LogP contribution in [0.5, 0.6) is 0 Å². The number of hydrogen-bond donors (Lipinski definition) is 2. The van der Waals surface area contributed by atoms with Crippen LogP contribution in [0.15, 0.2) is 22.7 Å². The van der Waals surface area contributed by atoms with E-state index in [2.05, 4.69) is 21.4 Å². The minimum Gasteiger partial charge on any atom is -0.376 e. The summed E-state index contributed by atoms with van der Waals surface area (Å²) >= 11 is 3.17. The lowest BCUT2D eigenvalue weighted by Crippen LogP contribution is -2.46. The number of benzene rings is 1. The van der Waals surface area contributed by atoms with Crippen LogP contribution in [-0.4, -0.2) is 12.7 Å². The van der Waals surface area contributed by atoms with Gasteiger partial charge in [-0.25, -0.2) is 9.82 Å². The molecular weight excluding hydrogens is 287 g/mol. The Bertz CT molecular complexity index is 383. The van der Waals surface area contributed by atoms with Gasteiger partial charge in [-0.1, -0.05) is 19.1 Å². The lowest BCUT2D eigenvalue weighted by Gasteiger charge is -2.35. The molecule has 0 fully saturated rings. The molecule has 0 radical (unpaired) electrons. The fourth-order valence-electron chi connectivity index (χ4n) is 1.80. The van der Waals surface area contributed by atoms with Crippen molar-refractivity contribution in [2.45, 2.75) is 31.9 Å². The molecule has 17 heavy (non-hydrogen) atoms. The summed E-state index contributed by atoms with van der Waals surface area (Å²) in [5.74, 6) is 5.24. The van der Waals surface area contributed by atoms with E-state index in [9.17, 15) is 4.39 Å². The van der Waals surface area contributed by atoms with Gasteiger partial charge in [0.2, 0.25) is 0 Å². The van der Waals surface area contributed by atoms with Crippen molar-refractivity contribution in [1.29, 1.82) is 0 Å². The number of nitrogens with two attached hydrogens (primary N) is 1. The van der Waals surface area contributed by atoms with E-state index in [0.717, 1.165) is 0 Å². The lowest BCUT2D eigenvalue weighted by atomic mass is 9.88. The van der Waals surface area contributed by atoms with Gasteiger partial charge in [0, 0.05) is 12.7 Å². The molecule has 0 heterocycles. The van der Waals surface area contributed by atoms with E-state index < -0.39 is 11.6 Å². The second-order valence-electron chi connectivity index (χ2n) is 4.11. The van der Waals surface area contributed by atoms with Crippen LogP contribution in [0, 0.1) is 5.82 Å². The van der Waals surface area contributed by atoms with E-state index in [4.69, 9.17) is 10.6 Å². The Hall–Kier alpha value is -0.490. The van der Waals surface area contributed by atoms with E-state index in [-0.39, 0.29) is 5.82 Å². The van der Waals surface area contributed by atoms with Gasteiger partial charge in [0.15, 0.2) is 0 Å². The van der Waals surface area contributed by atoms with E-state index in [1.54, 1.807) is 25.3 Å². The predicted molar refractivity (Wildman–Crippen MR) is 69.9 cm³/mol. The molecular formula is C12H18BrFN2O. The van der Waals surface area contributed by atoms with Gasteiger partial charge in [0.25, 0.3) is 0 Å². The summed E-state index contributed by atoms with van der Waals surface area (Å²) in [6.07, 6.45) is 0.713. The average Bonchev–Trinajstić information content (AvgIpc) is 2.35. The molecule has 1 aromatic rings. The van der Waals surface area contributed by atoms with E-state index in [1.807, 2.05) is 13.8 Å². The topological polar surface area (TPSA) is 47.3 Å². The fraction of sp³-hybridized carbons (Fsp3) is 0.500. The third-order valence-corrected chi connectivity index (χ3v) is 3.85. The van der Waals surface area contributed by atoms with Crippen LogP contribution < -0.4 is 11.3 Å².